The molecule has 1 aromatic carbocycles. The number of hydrogen-bond donors (Lipinski definition) is 1. The highest BCUT2D eigenvalue weighted by molar-refractivity contribution is 5.88. The highest BCUT2D eigenvalue weighted by atomic mass is 16.4. The Morgan fingerprint density at radius 1 is 1.47 bits per heavy atom. The quantitative estimate of drug-likeness (QED) is 0.860. The summed E-state index contributed by atoms with van der Waals surface area (Å²) in [4.78, 5) is 10.8. The predicted molar refractivity (Wildman–Crippen MR) is 60.2 cm³/mol. The Bertz CT molecular complexity index is 562. The molecule has 0 bridgehead atoms. The van der Waals surface area contributed by atoms with Crippen LogP contribution in [0.25, 0.3) is 5.69 Å². The van der Waals surface area contributed by atoms with Crippen molar-refractivity contribution in [1.82, 2.24) is 20.2 Å². The second-order valence-corrected chi connectivity index (χ2v) is 3.67. The zero-order valence-corrected chi connectivity index (χ0v) is 9.58. The van der Waals surface area contributed by atoms with Crippen molar-refractivity contribution in [3.8, 4) is 5.69 Å². The summed E-state index contributed by atoms with van der Waals surface area (Å²) in [7, 11) is 0. The molecule has 0 fully saturated rings. The second-order valence-electron chi connectivity index (χ2n) is 3.67. The van der Waals surface area contributed by atoms with E-state index in [0.29, 0.717) is 6.42 Å². The van der Waals surface area contributed by atoms with Crippen LogP contribution in [0.2, 0.25) is 0 Å². The zero-order chi connectivity index (χ0) is 12.4. The number of carboxylic acids is 1. The van der Waals surface area contributed by atoms with Crippen molar-refractivity contribution in [2.45, 2.75) is 20.3 Å². The minimum atomic E-state index is -0.938. The molecule has 1 aromatic heterocycles. The number of aromatic nitrogens is 4. The number of aryl methyl sites for hydroxylation is 2. The van der Waals surface area contributed by atoms with E-state index >= 15 is 0 Å². The molecule has 2 aromatic rings. The molecule has 88 valence electrons. The van der Waals surface area contributed by atoms with Crippen LogP contribution in [0.1, 0.15) is 28.7 Å². The molecule has 0 radical (unpaired) electrons. The average Bonchev–Trinajstić information content (AvgIpc) is 2.76. The van der Waals surface area contributed by atoms with Gasteiger partial charge in [0.05, 0.1) is 11.3 Å². The number of aromatic carboxylic acids is 1. The van der Waals surface area contributed by atoms with Gasteiger partial charge in [0, 0.05) is 6.42 Å². The molecule has 6 nitrogen and oxygen atoms in total. The van der Waals surface area contributed by atoms with E-state index in [-0.39, 0.29) is 5.56 Å². The average molecular weight is 232 g/mol. The minimum absolute atomic E-state index is 0.261. The molecule has 0 saturated carbocycles. The summed E-state index contributed by atoms with van der Waals surface area (Å²) in [5.41, 5.74) is 1.89. The summed E-state index contributed by atoms with van der Waals surface area (Å²) in [6.45, 7) is 3.80. The number of hydrogen-bond acceptors (Lipinski definition) is 4. The molecule has 0 atom stereocenters. The van der Waals surface area contributed by atoms with Crippen LogP contribution in [-0.4, -0.2) is 31.3 Å². The molecule has 1 heterocycles. The van der Waals surface area contributed by atoms with Gasteiger partial charge in [-0.15, -0.1) is 5.10 Å². The van der Waals surface area contributed by atoms with Crippen molar-refractivity contribution in [2.24, 2.45) is 0 Å². The predicted octanol–water partition coefficient (Wildman–Crippen LogP) is 1.23. The third-order valence-electron chi connectivity index (χ3n) is 2.52. The number of nitrogens with zero attached hydrogens (tertiary/aromatic N) is 4. The summed E-state index contributed by atoms with van der Waals surface area (Å²) in [6, 6.07) is 4.87. The Labute approximate surface area is 97.9 Å². The van der Waals surface area contributed by atoms with E-state index in [1.807, 2.05) is 13.8 Å². The molecule has 0 aliphatic carbocycles. The van der Waals surface area contributed by atoms with Crippen LogP contribution in [0, 0.1) is 6.92 Å². The standard InChI is InChI=1S/C11H12N4O2/c1-3-10-12-13-14-15(10)9-5-4-8(11(16)17)6-7(9)2/h4-6H,3H2,1-2H3,(H,16,17). The van der Waals surface area contributed by atoms with E-state index in [1.54, 1.807) is 22.9 Å². The summed E-state index contributed by atoms with van der Waals surface area (Å²) in [5, 5.41) is 20.3. The van der Waals surface area contributed by atoms with Crippen molar-refractivity contribution < 1.29 is 9.90 Å². The van der Waals surface area contributed by atoms with Crippen LogP contribution in [-0.2, 0) is 6.42 Å². The summed E-state index contributed by atoms with van der Waals surface area (Å²) in [5.74, 6) is -0.191. The van der Waals surface area contributed by atoms with E-state index in [4.69, 9.17) is 5.11 Å². The lowest BCUT2D eigenvalue weighted by molar-refractivity contribution is 0.0697. The van der Waals surface area contributed by atoms with Crippen molar-refractivity contribution >= 4 is 5.97 Å². The summed E-state index contributed by atoms with van der Waals surface area (Å²) in [6.07, 6.45) is 0.715. The first-order chi connectivity index (χ1) is 8.13. The van der Waals surface area contributed by atoms with Crippen LogP contribution in [0.4, 0.5) is 0 Å². The highest BCUT2D eigenvalue weighted by Crippen LogP contribution is 2.16. The van der Waals surface area contributed by atoms with Crippen LogP contribution in [0.3, 0.4) is 0 Å². The number of benzene rings is 1. The van der Waals surface area contributed by atoms with Gasteiger partial charge < -0.3 is 5.11 Å². The summed E-state index contributed by atoms with van der Waals surface area (Å²) < 4.78 is 1.63. The van der Waals surface area contributed by atoms with Gasteiger partial charge in [-0.1, -0.05) is 6.92 Å². The third kappa shape index (κ3) is 2.01. The summed E-state index contributed by atoms with van der Waals surface area (Å²) >= 11 is 0. The van der Waals surface area contributed by atoms with Crippen molar-refractivity contribution in [2.75, 3.05) is 0 Å². The SMILES string of the molecule is CCc1nnnn1-c1ccc(C(=O)O)cc1C. The Kier molecular flexibility index (Phi) is 2.86. The maximum Gasteiger partial charge on any atom is 0.335 e. The Morgan fingerprint density at radius 3 is 2.82 bits per heavy atom. The maximum absolute atomic E-state index is 10.8. The first-order valence-corrected chi connectivity index (χ1v) is 5.25. The fourth-order valence-electron chi connectivity index (χ4n) is 1.64. The fraction of sp³-hybridized carbons (Fsp3) is 0.273. The van der Waals surface area contributed by atoms with Gasteiger partial charge in [0.25, 0.3) is 0 Å². The largest absolute Gasteiger partial charge is 0.478 e. The van der Waals surface area contributed by atoms with Crippen LogP contribution < -0.4 is 0 Å². The van der Waals surface area contributed by atoms with E-state index < -0.39 is 5.97 Å². The lowest BCUT2D eigenvalue weighted by atomic mass is 10.1. The van der Waals surface area contributed by atoms with Gasteiger partial charge in [0.2, 0.25) is 0 Å². The van der Waals surface area contributed by atoms with Crippen LogP contribution >= 0.6 is 0 Å². The second kappa shape index (κ2) is 4.32. The topological polar surface area (TPSA) is 80.9 Å². The molecular formula is C11H12N4O2. The Hall–Kier alpha value is -2.24. The molecule has 0 saturated heterocycles. The molecular weight excluding hydrogens is 220 g/mol. The van der Waals surface area contributed by atoms with Crippen molar-refractivity contribution in [1.29, 1.82) is 0 Å². The minimum Gasteiger partial charge on any atom is -0.478 e. The number of tetrazole rings is 1. The first kappa shape index (κ1) is 11.3. The normalized spacial score (nSPS) is 10.5. The Morgan fingerprint density at radius 2 is 2.24 bits per heavy atom. The number of carboxylic acid groups (broad SMARTS) is 1. The molecule has 0 spiro atoms. The van der Waals surface area contributed by atoms with E-state index in [0.717, 1.165) is 17.1 Å². The molecule has 0 aliphatic rings. The fourth-order valence-corrected chi connectivity index (χ4v) is 1.64. The highest BCUT2D eigenvalue weighted by Gasteiger charge is 2.11. The van der Waals surface area contributed by atoms with Gasteiger partial charge in [-0.3, -0.25) is 0 Å². The third-order valence-corrected chi connectivity index (χ3v) is 2.52. The number of rotatable bonds is 3. The molecule has 0 amide bonds. The molecule has 0 unspecified atom stereocenters. The van der Waals surface area contributed by atoms with Gasteiger partial charge in [-0.25, -0.2) is 4.79 Å². The molecule has 6 heteroatoms. The smallest absolute Gasteiger partial charge is 0.335 e. The van der Waals surface area contributed by atoms with Crippen molar-refractivity contribution in [3.05, 3.63) is 35.2 Å². The first-order valence-electron chi connectivity index (χ1n) is 5.25. The Balaban J connectivity index is 2.50. The van der Waals surface area contributed by atoms with Gasteiger partial charge in [-0.2, -0.15) is 4.68 Å². The lowest BCUT2D eigenvalue weighted by Gasteiger charge is -2.07. The van der Waals surface area contributed by atoms with Crippen molar-refractivity contribution in [3.63, 3.8) is 0 Å². The lowest BCUT2D eigenvalue weighted by Crippen LogP contribution is -2.06. The maximum atomic E-state index is 10.8. The van der Waals surface area contributed by atoms with E-state index in [1.165, 1.54) is 0 Å². The monoisotopic (exact) mass is 232 g/mol. The van der Waals surface area contributed by atoms with E-state index in [9.17, 15) is 4.79 Å². The molecule has 1 N–H and O–H groups in total. The van der Waals surface area contributed by atoms with Crippen LogP contribution in [0.5, 0.6) is 0 Å². The molecule has 0 aliphatic heterocycles. The van der Waals surface area contributed by atoms with Crippen LogP contribution in [0.15, 0.2) is 18.2 Å². The van der Waals surface area contributed by atoms with Gasteiger partial charge >= 0.3 is 5.97 Å². The molecule has 2 rings (SSSR count). The van der Waals surface area contributed by atoms with E-state index in [2.05, 4.69) is 15.5 Å². The zero-order valence-electron chi connectivity index (χ0n) is 9.58. The van der Waals surface area contributed by atoms with Gasteiger partial charge in [-0.05, 0) is 41.1 Å². The molecule has 17 heavy (non-hydrogen) atoms. The number of carbonyl (C=O) groups is 1. The van der Waals surface area contributed by atoms with Gasteiger partial charge in [0.15, 0.2) is 5.82 Å². The van der Waals surface area contributed by atoms with Gasteiger partial charge in [0.1, 0.15) is 0 Å².